The third kappa shape index (κ3) is 2.32. The van der Waals surface area contributed by atoms with Gasteiger partial charge in [0.05, 0.1) is 19.6 Å². The Balaban J connectivity index is 2.39. The molecular formula is C13H15BrO4. The fourth-order valence-corrected chi connectivity index (χ4v) is 2.74. The van der Waals surface area contributed by atoms with Gasteiger partial charge in [0.2, 0.25) is 0 Å². The van der Waals surface area contributed by atoms with Gasteiger partial charge in [-0.2, -0.15) is 0 Å². The Labute approximate surface area is 114 Å². The molecule has 98 valence electrons. The normalized spacial score (nSPS) is 14.8. The van der Waals surface area contributed by atoms with Crippen LogP contribution in [0.1, 0.15) is 18.1 Å². The molecule has 0 saturated heterocycles. The number of carboxylic acid groups (broad SMARTS) is 1. The van der Waals surface area contributed by atoms with E-state index in [4.69, 9.17) is 14.6 Å². The van der Waals surface area contributed by atoms with Crippen molar-refractivity contribution in [2.24, 2.45) is 5.92 Å². The number of ether oxygens (including phenoxy) is 2. The minimum absolute atomic E-state index is 0.425. The molecule has 0 bridgehead atoms. The summed E-state index contributed by atoms with van der Waals surface area (Å²) in [7, 11) is 1.59. The highest BCUT2D eigenvalue weighted by atomic mass is 79.9. The van der Waals surface area contributed by atoms with Crippen LogP contribution < -0.4 is 9.47 Å². The molecule has 1 unspecified atom stereocenters. The molecule has 5 heteroatoms. The smallest absolute Gasteiger partial charge is 0.306 e. The summed E-state index contributed by atoms with van der Waals surface area (Å²) in [4.78, 5) is 10.9. The minimum atomic E-state index is -0.794. The molecule has 0 radical (unpaired) electrons. The molecular weight excluding hydrogens is 300 g/mol. The van der Waals surface area contributed by atoms with Crippen LogP contribution in [-0.4, -0.2) is 24.8 Å². The summed E-state index contributed by atoms with van der Waals surface area (Å²) < 4.78 is 11.8. The van der Waals surface area contributed by atoms with Gasteiger partial charge < -0.3 is 14.6 Å². The van der Waals surface area contributed by atoms with Gasteiger partial charge in [0.15, 0.2) is 11.5 Å². The largest absolute Gasteiger partial charge is 0.493 e. The standard InChI is InChI=1S/C13H15BrO4/c1-7(13(15)16)5-8-6-10(17-2)12-9(11(8)14)3-4-18-12/h6-7H,3-5H2,1-2H3,(H,15,16). The van der Waals surface area contributed by atoms with Crippen LogP contribution >= 0.6 is 15.9 Å². The number of aliphatic carboxylic acids is 1. The molecule has 1 aromatic carbocycles. The van der Waals surface area contributed by atoms with E-state index in [1.165, 1.54) is 0 Å². The van der Waals surface area contributed by atoms with Gasteiger partial charge in [-0.15, -0.1) is 0 Å². The molecule has 1 atom stereocenters. The van der Waals surface area contributed by atoms with Crippen molar-refractivity contribution < 1.29 is 19.4 Å². The summed E-state index contributed by atoms with van der Waals surface area (Å²) in [6.45, 7) is 2.34. The molecule has 0 saturated carbocycles. The van der Waals surface area contributed by atoms with Gasteiger partial charge in [-0.1, -0.05) is 22.9 Å². The first-order valence-corrected chi connectivity index (χ1v) is 6.57. The van der Waals surface area contributed by atoms with Crippen LogP contribution in [-0.2, 0) is 17.6 Å². The Kier molecular flexibility index (Phi) is 3.80. The van der Waals surface area contributed by atoms with E-state index in [2.05, 4.69) is 15.9 Å². The summed E-state index contributed by atoms with van der Waals surface area (Å²) in [5.74, 6) is 0.235. The van der Waals surface area contributed by atoms with Crippen molar-refractivity contribution in [2.45, 2.75) is 19.8 Å². The quantitative estimate of drug-likeness (QED) is 0.928. The number of hydrogen-bond acceptors (Lipinski definition) is 3. The highest BCUT2D eigenvalue weighted by Gasteiger charge is 2.24. The Morgan fingerprint density at radius 3 is 3.00 bits per heavy atom. The zero-order valence-electron chi connectivity index (χ0n) is 10.3. The van der Waals surface area contributed by atoms with E-state index in [-0.39, 0.29) is 0 Å². The average Bonchev–Trinajstić information content (AvgIpc) is 2.82. The number of benzene rings is 1. The number of fused-ring (bicyclic) bond motifs is 1. The highest BCUT2D eigenvalue weighted by molar-refractivity contribution is 9.10. The predicted octanol–water partition coefficient (Wildman–Crippen LogP) is 2.66. The summed E-state index contributed by atoms with van der Waals surface area (Å²) in [6, 6.07) is 1.85. The number of carbonyl (C=O) groups is 1. The SMILES string of the molecule is COc1cc(CC(C)C(=O)O)c(Br)c2c1OCC2. The van der Waals surface area contributed by atoms with Gasteiger partial charge in [0.25, 0.3) is 0 Å². The van der Waals surface area contributed by atoms with Gasteiger partial charge in [0.1, 0.15) is 0 Å². The van der Waals surface area contributed by atoms with Crippen LogP contribution in [0, 0.1) is 5.92 Å². The number of methoxy groups -OCH3 is 1. The lowest BCUT2D eigenvalue weighted by atomic mass is 9.98. The van der Waals surface area contributed by atoms with Gasteiger partial charge in [-0.3, -0.25) is 4.79 Å². The summed E-state index contributed by atoms with van der Waals surface area (Å²) >= 11 is 3.54. The Morgan fingerprint density at radius 1 is 1.67 bits per heavy atom. The maximum absolute atomic E-state index is 10.9. The van der Waals surface area contributed by atoms with Crippen molar-refractivity contribution in [1.82, 2.24) is 0 Å². The first kappa shape index (κ1) is 13.2. The molecule has 0 aliphatic carbocycles. The van der Waals surface area contributed by atoms with Gasteiger partial charge in [0, 0.05) is 16.5 Å². The second kappa shape index (κ2) is 5.18. The van der Waals surface area contributed by atoms with Gasteiger partial charge >= 0.3 is 5.97 Å². The topological polar surface area (TPSA) is 55.8 Å². The second-order valence-corrected chi connectivity index (χ2v) is 5.19. The molecule has 18 heavy (non-hydrogen) atoms. The van der Waals surface area contributed by atoms with E-state index in [0.717, 1.165) is 27.8 Å². The molecule has 1 heterocycles. The van der Waals surface area contributed by atoms with Crippen LogP contribution in [0.4, 0.5) is 0 Å². The lowest BCUT2D eigenvalue weighted by Crippen LogP contribution is -2.13. The van der Waals surface area contributed by atoms with Crippen molar-refractivity contribution in [1.29, 1.82) is 0 Å². The van der Waals surface area contributed by atoms with Crippen LogP contribution in [0.2, 0.25) is 0 Å². The molecule has 0 fully saturated rings. The first-order chi connectivity index (χ1) is 8.54. The molecule has 2 rings (SSSR count). The van der Waals surface area contributed by atoms with Crippen LogP contribution in [0.5, 0.6) is 11.5 Å². The third-order valence-corrected chi connectivity index (χ3v) is 4.10. The molecule has 0 aromatic heterocycles. The van der Waals surface area contributed by atoms with Crippen molar-refractivity contribution in [2.75, 3.05) is 13.7 Å². The fourth-order valence-electron chi connectivity index (χ4n) is 2.08. The summed E-state index contributed by atoms with van der Waals surface area (Å²) in [6.07, 6.45) is 1.29. The fraction of sp³-hybridized carbons (Fsp3) is 0.462. The predicted molar refractivity (Wildman–Crippen MR) is 70.4 cm³/mol. The molecule has 1 aliphatic rings. The Bertz CT molecular complexity index is 484. The van der Waals surface area contributed by atoms with Crippen molar-refractivity contribution in [3.8, 4) is 11.5 Å². The molecule has 1 N–H and O–H groups in total. The first-order valence-electron chi connectivity index (χ1n) is 5.78. The Hall–Kier alpha value is -1.23. The number of halogens is 1. The van der Waals surface area contributed by atoms with E-state index in [9.17, 15) is 4.79 Å². The second-order valence-electron chi connectivity index (χ2n) is 4.40. The molecule has 1 aromatic rings. The molecule has 0 amide bonds. The van der Waals surface area contributed by atoms with Crippen molar-refractivity contribution in [3.05, 3.63) is 21.7 Å². The number of hydrogen-bond donors (Lipinski definition) is 1. The molecule has 0 spiro atoms. The summed E-state index contributed by atoms with van der Waals surface area (Å²) in [5.41, 5.74) is 2.02. The zero-order valence-corrected chi connectivity index (χ0v) is 11.9. The number of carboxylic acids is 1. The molecule has 4 nitrogen and oxygen atoms in total. The maximum Gasteiger partial charge on any atom is 0.306 e. The van der Waals surface area contributed by atoms with Crippen LogP contribution in [0.3, 0.4) is 0 Å². The van der Waals surface area contributed by atoms with E-state index in [1.807, 2.05) is 6.07 Å². The van der Waals surface area contributed by atoms with Crippen LogP contribution in [0.25, 0.3) is 0 Å². The van der Waals surface area contributed by atoms with Crippen molar-refractivity contribution in [3.63, 3.8) is 0 Å². The minimum Gasteiger partial charge on any atom is -0.493 e. The Morgan fingerprint density at radius 2 is 2.39 bits per heavy atom. The van der Waals surface area contributed by atoms with E-state index in [0.29, 0.717) is 18.8 Å². The average molecular weight is 315 g/mol. The van der Waals surface area contributed by atoms with Gasteiger partial charge in [-0.25, -0.2) is 0 Å². The van der Waals surface area contributed by atoms with Gasteiger partial charge in [-0.05, 0) is 18.1 Å². The zero-order chi connectivity index (χ0) is 13.3. The van der Waals surface area contributed by atoms with Crippen LogP contribution in [0.15, 0.2) is 10.5 Å². The van der Waals surface area contributed by atoms with E-state index >= 15 is 0 Å². The maximum atomic E-state index is 10.9. The van der Waals surface area contributed by atoms with Crippen molar-refractivity contribution >= 4 is 21.9 Å². The summed E-state index contributed by atoms with van der Waals surface area (Å²) in [5, 5.41) is 8.98. The molecule has 1 aliphatic heterocycles. The van der Waals surface area contributed by atoms with E-state index < -0.39 is 11.9 Å². The lowest BCUT2D eigenvalue weighted by molar-refractivity contribution is -0.141. The lowest BCUT2D eigenvalue weighted by Gasteiger charge is -2.14. The number of rotatable bonds is 4. The highest BCUT2D eigenvalue weighted by Crippen LogP contribution is 2.42. The van der Waals surface area contributed by atoms with E-state index in [1.54, 1.807) is 14.0 Å². The third-order valence-electron chi connectivity index (χ3n) is 3.12. The monoisotopic (exact) mass is 314 g/mol.